The van der Waals surface area contributed by atoms with Gasteiger partial charge in [-0.1, -0.05) is 6.07 Å². The highest BCUT2D eigenvalue weighted by molar-refractivity contribution is 5.92. The monoisotopic (exact) mass is 331 g/mol. The van der Waals surface area contributed by atoms with Crippen molar-refractivity contribution >= 4 is 11.9 Å². The molecular formula is C16H17N3O5. The first kappa shape index (κ1) is 17.2. The van der Waals surface area contributed by atoms with E-state index in [0.717, 1.165) is 18.0 Å². The van der Waals surface area contributed by atoms with Gasteiger partial charge < -0.3 is 19.9 Å². The molecule has 2 rings (SSSR count). The van der Waals surface area contributed by atoms with Gasteiger partial charge >= 0.3 is 5.97 Å². The van der Waals surface area contributed by atoms with Crippen molar-refractivity contribution in [2.24, 2.45) is 0 Å². The maximum absolute atomic E-state index is 12.0. The van der Waals surface area contributed by atoms with Crippen LogP contribution in [-0.4, -0.2) is 40.7 Å². The van der Waals surface area contributed by atoms with Crippen LogP contribution in [0.1, 0.15) is 33.5 Å². The van der Waals surface area contributed by atoms with Crippen LogP contribution in [0.5, 0.6) is 11.5 Å². The number of benzene rings is 1. The predicted molar refractivity (Wildman–Crippen MR) is 84.3 cm³/mol. The molecule has 0 bridgehead atoms. The molecule has 0 atom stereocenters. The summed E-state index contributed by atoms with van der Waals surface area (Å²) >= 11 is 0. The van der Waals surface area contributed by atoms with E-state index in [1.54, 1.807) is 19.2 Å². The van der Waals surface area contributed by atoms with Crippen molar-refractivity contribution in [2.75, 3.05) is 13.7 Å². The maximum Gasteiger partial charge on any atom is 0.356 e. The van der Waals surface area contributed by atoms with Gasteiger partial charge in [0.1, 0.15) is 5.69 Å². The largest absolute Gasteiger partial charge is 0.493 e. The van der Waals surface area contributed by atoms with E-state index in [1.807, 2.05) is 13.0 Å². The average Bonchev–Trinajstić information content (AvgIpc) is 2.60. The molecule has 0 aliphatic rings. The van der Waals surface area contributed by atoms with Crippen molar-refractivity contribution in [3.8, 4) is 11.5 Å². The third-order valence-corrected chi connectivity index (χ3v) is 3.08. The minimum atomic E-state index is -1.20. The van der Waals surface area contributed by atoms with Crippen LogP contribution in [0.15, 0.2) is 30.6 Å². The number of hydrogen-bond donors (Lipinski definition) is 2. The molecule has 0 aliphatic carbocycles. The zero-order valence-electron chi connectivity index (χ0n) is 13.3. The molecule has 1 aromatic carbocycles. The normalized spacial score (nSPS) is 10.1. The number of hydrogen-bond acceptors (Lipinski definition) is 6. The van der Waals surface area contributed by atoms with Crippen molar-refractivity contribution in [1.29, 1.82) is 0 Å². The van der Waals surface area contributed by atoms with Crippen molar-refractivity contribution < 1.29 is 24.2 Å². The van der Waals surface area contributed by atoms with Crippen molar-refractivity contribution in [1.82, 2.24) is 15.3 Å². The van der Waals surface area contributed by atoms with E-state index in [4.69, 9.17) is 14.6 Å². The molecule has 0 spiro atoms. The summed E-state index contributed by atoms with van der Waals surface area (Å²) < 4.78 is 10.7. The van der Waals surface area contributed by atoms with Crippen molar-refractivity contribution in [3.63, 3.8) is 0 Å². The molecular weight excluding hydrogens is 314 g/mol. The van der Waals surface area contributed by atoms with E-state index in [-0.39, 0.29) is 17.9 Å². The number of aromatic nitrogens is 2. The number of amides is 1. The maximum atomic E-state index is 12.0. The molecule has 0 radical (unpaired) electrons. The lowest BCUT2D eigenvalue weighted by Gasteiger charge is -2.11. The number of nitrogens with zero attached hydrogens (tertiary/aromatic N) is 2. The molecule has 0 saturated carbocycles. The van der Waals surface area contributed by atoms with Gasteiger partial charge in [-0.15, -0.1) is 0 Å². The summed E-state index contributed by atoms with van der Waals surface area (Å²) in [4.78, 5) is 30.1. The van der Waals surface area contributed by atoms with E-state index < -0.39 is 11.9 Å². The number of aromatic carboxylic acids is 1. The van der Waals surface area contributed by atoms with Crippen LogP contribution in [0.2, 0.25) is 0 Å². The molecule has 8 nitrogen and oxygen atoms in total. The predicted octanol–water partition coefficient (Wildman–Crippen LogP) is 1.51. The highest BCUT2D eigenvalue weighted by Gasteiger charge is 2.11. The minimum absolute atomic E-state index is 0.0397. The van der Waals surface area contributed by atoms with Gasteiger partial charge in [-0.05, 0) is 24.6 Å². The SMILES string of the molecule is CCOc1ccc(CNC(=O)c2cnc(C(=O)O)cn2)cc1OC. The molecule has 2 N–H and O–H groups in total. The van der Waals surface area contributed by atoms with Gasteiger partial charge in [0.05, 0.1) is 26.1 Å². The van der Waals surface area contributed by atoms with Crippen LogP contribution in [0.25, 0.3) is 0 Å². The van der Waals surface area contributed by atoms with Gasteiger partial charge in [0.25, 0.3) is 5.91 Å². The van der Waals surface area contributed by atoms with Gasteiger partial charge in [-0.3, -0.25) is 4.79 Å². The lowest BCUT2D eigenvalue weighted by Crippen LogP contribution is -2.24. The van der Waals surface area contributed by atoms with Gasteiger partial charge in [0.2, 0.25) is 0 Å². The Bertz CT molecular complexity index is 731. The summed E-state index contributed by atoms with van der Waals surface area (Å²) in [7, 11) is 1.54. The molecule has 0 unspecified atom stereocenters. The minimum Gasteiger partial charge on any atom is -0.493 e. The molecule has 2 aromatic rings. The lowest BCUT2D eigenvalue weighted by atomic mass is 10.2. The molecule has 1 amide bonds. The van der Waals surface area contributed by atoms with E-state index in [0.29, 0.717) is 18.1 Å². The van der Waals surface area contributed by atoms with Gasteiger partial charge in [-0.25, -0.2) is 14.8 Å². The van der Waals surface area contributed by atoms with Crippen LogP contribution >= 0.6 is 0 Å². The zero-order chi connectivity index (χ0) is 17.5. The number of rotatable bonds is 7. The summed E-state index contributed by atoms with van der Waals surface area (Å²) in [6, 6.07) is 5.35. The Balaban J connectivity index is 2.02. The highest BCUT2D eigenvalue weighted by Crippen LogP contribution is 2.27. The molecule has 0 saturated heterocycles. The number of carboxylic acids is 1. The van der Waals surface area contributed by atoms with Gasteiger partial charge in [0, 0.05) is 6.54 Å². The number of ether oxygens (including phenoxy) is 2. The van der Waals surface area contributed by atoms with Crippen LogP contribution in [-0.2, 0) is 6.54 Å². The van der Waals surface area contributed by atoms with Gasteiger partial charge in [0.15, 0.2) is 17.2 Å². The molecule has 126 valence electrons. The molecule has 24 heavy (non-hydrogen) atoms. The number of nitrogens with one attached hydrogen (secondary N) is 1. The van der Waals surface area contributed by atoms with Crippen LogP contribution in [0.4, 0.5) is 0 Å². The molecule has 0 aliphatic heterocycles. The van der Waals surface area contributed by atoms with E-state index in [2.05, 4.69) is 15.3 Å². The summed E-state index contributed by atoms with van der Waals surface area (Å²) in [6.07, 6.45) is 2.16. The fourth-order valence-corrected chi connectivity index (χ4v) is 1.93. The quantitative estimate of drug-likeness (QED) is 0.791. The van der Waals surface area contributed by atoms with E-state index in [1.165, 1.54) is 0 Å². The molecule has 1 aromatic heterocycles. The molecule has 1 heterocycles. The van der Waals surface area contributed by atoms with Crippen LogP contribution in [0.3, 0.4) is 0 Å². The number of methoxy groups -OCH3 is 1. The average molecular weight is 331 g/mol. The Morgan fingerprint density at radius 3 is 2.46 bits per heavy atom. The number of carbonyl (C=O) groups is 2. The fourth-order valence-electron chi connectivity index (χ4n) is 1.93. The Labute approximate surface area is 138 Å². The van der Waals surface area contributed by atoms with Crippen LogP contribution < -0.4 is 14.8 Å². The first-order chi connectivity index (χ1) is 11.5. The smallest absolute Gasteiger partial charge is 0.356 e. The lowest BCUT2D eigenvalue weighted by molar-refractivity contribution is 0.0689. The highest BCUT2D eigenvalue weighted by atomic mass is 16.5. The van der Waals surface area contributed by atoms with Crippen LogP contribution in [0, 0.1) is 0 Å². The van der Waals surface area contributed by atoms with Crippen molar-refractivity contribution in [2.45, 2.75) is 13.5 Å². The standard InChI is InChI=1S/C16H17N3O5/c1-3-24-13-5-4-10(6-14(13)23-2)7-19-15(20)11-8-18-12(9-17-11)16(21)22/h4-6,8-9H,3,7H2,1-2H3,(H,19,20)(H,21,22). The first-order valence-electron chi connectivity index (χ1n) is 7.18. The topological polar surface area (TPSA) is 111 Å². The fraction of sp³-hybridized carbons (Fsp3) is 0.250. The van der Waals surface area contributed by atoms with Gasteiger partial charge in [-0.2, -0.15) is 0 Å². The van der Waals surface area contributed by atoms with E-state index in [9.17, 15) is 9.59 Å². The number of carbonyl (C=O) groups excluding carboxylic acids is 1. The summed E-state index contributed by atoms with van der Waals surface area (Å²) in [5.41, 5.74) is 0.638. The summed E-state index contributed by atoms with van der Waals surface area (Å²) in [6.45, 7) is 2.66. The Kier molecular flexibility index (Phi) is 5.67. The Hall–Kier alpha value is -3.16. The molecule has 8 heteroatoms. The second-order valence-corrected chi connectivity index (χ2v) is 4.69. The molecule has 0 fully saturated rings. The summed E-state index contributed by atoms with van der Waals surface area (Å²) in [5.74, 6) is -0.442. The third-order valence-electron chi connectivity index (χ3n) is 3.08. The Morgan fingerprint density at radius 2 is 1.88 bits per heavy atom. The van der Waals surface area contributed by atoms with Crippen molar-refractivity contribution in [3.05, 3.63) is 47.5 Å². The Morgan fingerprint density at radius 1 is 1.17 bits per heavy atom. The number of carboxylic acid groups (broad SMARTS) is 1. The van der Waals surface area contributed by atoms with E-state index >= 15 is 0 Å². The second kappa shape index (κ2) is 7.91. The second-order valence-electron chi connectivity index (χ2n) is 4.69. The first-order valence-corrected chi connectivity index (χ1v) is 7.18. The summed E-state index contributed by atoms with van der Waals surface area (Å²) in [5, 5.41) is 11.4. The zero-order valence-corrected chi connectivity index (χ0v) is 13.3. The third kappa shape index (κ3) is 4.19.